The molecule has 94 valence electrons. The Morgan fingerprint density at radius 2 is 2.17 bits per heavy atom. The number of carbonyl (C=O) groups excluding carboxylic acids is 1. The van der Waals surface area contributed by atoms with Gasteiger partial charge in [-0.05, 0) is 25.1 Å². The first kappa shape index (κ1) is 12.2. The fourth-order valence-electron chi connectivity index (χ4n) is 1.64. The number of rotatable bonds is 4. The summed E-state index contributed by atoms with van der Waals surface area (Å²) in [5, 5.41) is 6.95. The summed E-state index contributed by atoms with van der Waals surface area (Å²) >= 11 is 0. The number of hydrogen-bond acceptors (Lipinski definition) is 3. The van der Waals surface area contributed by atoms with E-state index in [0.717, 1.165) is 5.69 Å². The smallest absolute Gasteiger partial charge is 0.246 e. The van der Waals surface area contributed by atoms with Crippen molar-refractivity contribution < 1.29 is 9.53 Å². The third-order valence-electron chi connectivity index (χ3n) is 2.46. The first-order valence-electron chi connectivity index (χ1n) is 5.62. The lowest BCUT2D eigenvalue weighted by molar-refractivity contribution is -0.116. The number of benzene rings is 1. The van der Waals surface area contributed by atoms with Gasteiger partial charge in [0.2, 0.25) is 5.91 Å². The lowest BCUT2D eigenvalue weighted by atomic mass is 10.3. The molecule has 0 fully saturated rings. The molecule has 0 unspecified atom stereocenters. The van der Waals surface area contributed by atoms with Crippen LogP contribution < -0.4 is 10.1 Å². The van der Waals surface area contributed by atoms with Crippen LogP contribution in [0.4, 0.5) is 5.69 Å². The van der Waals surface area contributed by atoms with E-state index >= 15 is 0 Å². The van der Waals surface area contributed by atoms with E-state index in [9.17, 15) is 4.79 Å². The number of nitrogens with zero attached hydrogens (tertiary/aromatic N) is 2. The Kier molecular flexibility index (Phi) is 3.62. The van der Waals surface area contributed by atoms with Crippen LogP contribution in [0.5, 0.6) is 5.75 Å². The molecule has 1 aromatic heterocycles. The summed E-state index contributed by atoms with van der Waals surface area (Å²) in [6.07, 6.45) is 1.77. The molecule has 0 aliphatic rings. The highest BCUT2D eigenvalue weighted by atomic mass is 16.5. The summed E-state index contributed by atoms with van der Waals surface area (Å²) in [7, 11) is 1.57. The minimum atomic E-state index is -0.136. The number of ether oxygens (including phenoxy) is 1. The summed E-state index contributed by atoms with van der Waals surface area (Å²) in [6, 6.07) is 9.15. The van der Waals surface area contributed by atoms with Crippen molar-refractivity contribution in [1.82, 2.24) is 9.78 Å². The number of aromatic nitrogens is 2. The lowest BCUT2D eigenvalue weighted by Crippen LogP contribution is -2.19. The highest BCUT2D eigenvalue weighted by molar-refractivity contribution is 5.92. The number of carbonyl (C=O) groups is 1. The van der Waals surface area contributed by atoms with Crippen LogP contribution in [0.15, 0.2) is 36.5 Å². The molecule has 0 aliphatic carbocycles. The largest absolute Gasteiger partial charge is 0.495 e. The standard InChI is InChI=1S/C13H15N3O2/c1-10-7-8-16(15-10)9-13(17)14-11-5-3-4-6-12(11)18-2/h3-8H,9H2,1-2H3,(H,14,17). The van der Waals surface area contributed by atoms with E-state index < -0.39 is 0 Å². The minimum absolute atomic E-state index is 0.136. The maximum Gasteiger partial charge on any atom is 0.246 e. The average molecular weight is 245 g/mol. The molecule has 0 spiro atoms. The van der Waals surface area contributed by atoms with E-state index in [4.69, 9.17) is 4.74 Å². The molecule has 0 aliphatic heterocycles. The molecule has 0 saturated heterocycles. The zero-order valence-electron chi connectivity index (χ0n) is 10.4. The highest BCUT2D eigenvalue weighted by Gasteiger charge is 2.07. The molecule has 2 rings (SSSR count). The number of hydrogen-bond donors (Lipinski definition) is 1. The predicted molar refractivity (Wildman–Crippen MR) is 68.6 cm³/mol. The lowest BCUT2D eigenvalue weighted by Gasteiger charge is -2.09. The van der Waals surface area contributed by atoms with Gasteiger partial charge >= 0.3 is 0 Å². The van der Waals surface area contributed by atoms with Crippen molar-refractivity contribution in [2.75, 3.05) is 12.4 Å². The van der Waals surface area contributed by atoms with Gasteiger partial charge in [0.05, 0.1) is 18.5 Å². The molecular weight excluding hydrogens is 230 g/mol. The fraction of sp³-hybridized carbons (Fsp3) is 0.231. The van der Waals surface area contributed by atoms with E-state index in [-0.39, 0.29) is 12.5 Å². The van der Waals surface area contributed by atoms with Crippen LogP contribution in [-0.4, -0.2) is 22.8 Å². The van der Waals surface area contributed by atoms with Gasteiger partial charge in [0.25, 0.3) is 0 Å². The van der Waals surface area contributed by atoms with E-state index in [2.05, 4.69) is 10.4 Å². The molecule has 1 aromatic carbocycles. The SMILES string of the molecule is COc1ccccc1NC(=O)Cn1ccc(C)n1. The minimum Gasteiger partial charge on any atom is -0.495 e. The molecule has 2 aromatic rings. The molecule has 0 saturated carbocycles. The number of para-hydroxylation sites is 2. The number of amides is 1. The molecule has 18 heavy (non-hydrogen) atoms. The van der Waals surface area contributed by atoms with Crippen molar-refractivity contribution in [2.45, 2.75) is 13.5 Å². The van der Waals surface area contributed by atoms with Crippen molar-refractivity contribution in [3.8, 4) is 5.75 Å². The monoisotopic (exact) mass is 245 g/mol. The van der Waals surface area contributed by atoms with E-state index in [1.54, 1.807) is 30.1 Å². The molecule has 5 nitrogen and oxygen atoms in total. The number of aryl methyl sites for hydroxylation is 1. The van der Waals surface area contributed by atoms with E-state index in [0.29, 0.717) is 11.4 Å². The number of methoxy groups -OCH3 is 1. The van der Waals surface area contributed by atoms with Gasteiger partial charge in [0.15, 0.2) is 0 Å². The van der Waals surface area contributed by atoms with Crippen LogP contribution in [0, 0.1) is 6.92 Å². The Hall–Kier alpha value is -2.30. The van der Waals surface area contributed by atoms with Crippen LogP contribution in [0.3, 0.4) is 0 Å². The second kappa shape index (κ2) is 5.35. The zero-order valence-corrected chi connectivity index (χ0v) is 10.4. The molecule has 0 bridgehead atoms. The maximum atomic E-state index is 11.8. The predicted octanol–water partition coefficient (Wildman–Crippen LogP) is 1.84. The maximum absolute atomic E-state index is 11.8. The molecule has 5 heteroatoms. The number of nitrogens with one attached hydrogen (secondary N) is 1. The quantitative estimate of drug-likeness (QED) is 0.894. The highest BCUT2D eigenvalue weighted by Crippen LogP contribution is 2.22. The van der Waals surface area contributed by atoms with Crippen molar-refractivity contribution in [2.24, 2.45) is 0 Å². The van der Waals surface area contributed by atoms with Gasteiger partial charge in [0, 0.05) is 6.20 Å². The molecule has 1 heterocycles. The van der Waals surface area contributed by atoms with Gasteiger partial charge in [-0.25, -0.2) is 0 Å². The first-order chi connectivity index (χ1) is 8.69. The molecule has 1 amide bonds. The molecule has 1 N–H and O–H groups in total. The van der Waals surface area contributed by atoms with Gasteiger partial charge in [-0.3, -0.25) is 9.48 Å². The van der Waals surface area contributed by atoms with E-state index in [1.165, 1.54) is 0 Å². The van der Waals surface area contributed by atoms with Crippen LogP contribution in [0.1, 0.15) is 5.69 Å². The Morgan fingerprint density at radius 3 is 2.83 bits per heavy atom. The van der Waals surface area contributed by atoms with Gasteiger partial charge < -0.3 is 10.1 Å². The second-order valence-corrected chi connectivity index (χ2v) is 3.90. The normalized spacial score (nSPS) is 10.1. The fourth-order valence-corrected chi connectivity index (χ4v) is 1.64. The molecule has 0 radical (unpaired) electrons. The zero-order chi connectivity index (χ0) is 13.0. The van der Waals surface area contributed by atoms with E-state index in [1.807, 2.05) is 25.1 Å². The third-order valence-corrected chi connectivity index (χ3v) is 2.46. The summed E-state index contributed by atoms with van der Waals surface area (Å²) in [6.45, 7) is 2.07. The first-order valence-corrected chi connectivity index (χ1v) is 5.62. The summed E-state index contributed by atoms with van der Waals surface area (Å²) in [5.41, 5.74) is 1.55. The molecular formula is C13H15N3O2. The second-order valence-electron chi connectivity index (χ2n) is 3.90. The third kappa shape index (κ3) is 2.88. The van der Waals surface area contributed by atoms with Gasteiger partial charge in [-0.1, -0.05) is 12.1 Å². The average Bonchev–Trinajstić information content (AvgIpc) is 2.75. The Labute approximate surface area is 105 Å². The van der Waals surface area contributed by atoms with Crippen LogP contribution in [0.2, 0.25) is 0 Å². The Morgan fingerprint density at radius 1 is 1.39 bits per heavy atom. The van der Waals surface area contributed by atoms with Crippen molar-refractivity contribution in [1.29, 1.82) is 0 Å². The summed E-state index contributed by atoms with van der Waals surface area (Å²) < 4.78 is 6.76. The molecule has 0 atom stereocenters. The van der Waals surface area contributed by atoms with Gasteiger partial charge in [0.1, 0.15) is 12.3 Å². The van der Waals surface area contributed by atoms with Crippen LogP contribution >= 0.6 is 0 Å². The van der Waals surface area contributed by atoms with Gasteiger partial charge in [-0.15, -0.1) is 0 Å². The topological polar surface area (TPSA) is 56.1 Å². The van der Waals surface area contributed by atoms with Crippen LogP contribution in [-0.2, 0) is 11.3 Å². The Bertz CT molecular complexity index is 549. The van der Waals surface area contributed by atoms with Gasteiger partial charge in [-0.2, -0.15) is 5.10 Å². The van der Waals surface area contributed by atoms with Crippen molar-refractivity contribution >= 4 is 11.6 Å². The summed E-state index contributed by atoms with van der Waals surface area (Å²) in [5.74, 6) is 0.505. The van der Waals surface area contributed by atoms with Crippen molar-refractivity contribution in [3.05, 3.63) is 42.2 Å². The Balaban J connectivity index is 2.03. The summed E-state index contributed by atoms with van der Waals surface area (Å²) in [4.78, 5) is 11.8. The van der Waals surface area contributed by atoms with Crippen molar-refractivity contribution in [3.63, 3.8) is 0 Å². The van der Waals surface area contributed by atoms with Crippen LogP contribution in [0.25, 0.3) is 0 Å². The number of anilines is 1.